The van der Waals surface area contributed by atoms with Crippen LogP contribution >= 0.6 is 23.2 Å². The van der Waals surface area contributed by atoms with Gasteiger partial charge in [-0.2, -0.15) is 0 Å². The highest BCUT2D eigenvalue weighted by Crippen LogP contribution is 2.30. The third-order valence-electron chi connectivity index (χ3n) is 1.46. The molecule has 0 radical (unpaired) electrons. The van der Waals surface area contributed by atoms with Crippen molar-refractivity contribution in [2.75, 3.05) is 0 Å². The van der Waals surface area contributed by atoms with Crippen LogP contribution in [0, 0.1) is 0 Å². The molecule has 0 saturated carbocycles. The van der Waals surface area contributed by atoms with Crippen LogP contribution < -0.4 is 0 Å². The number of nitrogens with zero attached hydrogens (tertiary/aromatic N) is 2. The Balaban J connectivity index is 3.12. The van der Waals surface area contributed by atoms with Crippen molar-refractivity contribution in [2.24, 2.45) is 0 Å². The van der Waals surface area contributed by atoms with Gasteiger partial charge in [0.25, 0.3) is 0 Å². The van der Waals surface area contributed by atoms with E-state index in [0.717, 1.165) is 0 Å². The van der Waals surface area contributed by atoms with Crippen LogP contribution in [-0.4, -0.2) is 9.97 Å². The Morgan fingerprint density at radius 2 is 1.92 bits per heavy atom. The molecular formula is C7H7Cl2FN2. The van der Waals surface area contributed by atoms with Crippen LogP contribution in [0.5, 0.6) is 0 Å². The highest BCUT2D eigenvalue weighted by molar-refractivity contribution is 6.34. The normalized spacial score (nSPS) is 13.0. The maximum Gasteiger partial charge on any atom is 0.140 e. The van der Waals surface area contributed by atoms with Gasteiger partial charge in [0.15, 0.2) is 0 Å². The summed E-state index contributed by atoms with van der Waals surface area (Å²) >= 11 is 11.3. The first-order valence-corrected chi connectivity index (χ1v) is 4.22. The highest BCUT2D eigenvalue weighted by atomic mass is 35.5. The van der Waals surface area contributed by atoms with Crippen LogP contribution in [0.3, 0.4) is 0 Å². The van der Waals surface area contributed by atoms with Crippen LogP contribution in [0.25, 0.3) is 0 Å². The van der Waals surface area contributed by atoms with Gasteiger partial charge in [-0.1, -0.05) is 30.1 Å². The molecule has 0 fully saturated rings. The molecule has 0 amide bonds. The van der Waals surface area contributed by atoms with Gasteiger partial charge in [0.1, 0.15) is 22.8 Å². The molecule has 1 aromatic rings. The molecule has 0 bridgehead atoms. The maximum absolute atomic E-state index is 13.1. The molecule has 66 valence electrons. The molecule has 1 unspecified atom stereocenters. The first-order chi connectivity index (χ1) is 5.66. The molecule has 0 spiro atoms. The fourth-order valence-corrected chi connectivity index (χ4v) is 1.37. The minimum absolute atomic E-state index is 0.0874. The lowest BCUT2D eigenvalue weighted by molar-refractivity contribution is 0.333. The van der Waals surface area contributed by atoms with E-state index >= 15 is 0 Å². The average Bonchev–Trinajstić information content (AvgIpc) is 2.03. The predicted octanol–water partition coefficient (Wildman–Crippen LogP) is 3.20. The van der Waals surface area contributed by atoms with Crippen molar-refractivity contribution < 1.29 is 4.39 Å². The molecule has 0 aliphatic rings. The van der Waals surface area contributed by atoms with E-state index in [-0.39, 0.29) is 15.9 Å². The number of hydrogen-bond acceptors (Lipinski definition) is 2. The molecule has 5 heteroatoms. The standard InChI is InChI=1S/C7H7Cl2FN2/c1-2-4(10)5-6(8)11-3-12-7(5)9/h3-4H,2H2,1H3. The quantitative estimate of drug-likeness (QED) is 0.699. The number of halogens is 3. The van der Waals surface area contributed by atoms with E-state index in [9.17, 15) is 4.39 Å². The van der Waals surface area contributed by atoms with E-state index in [1.165, 1.54) is 6.33 Å². The van der Waals surface area contributed by atoms with Gasteiger partial charge in [-0.3, -0.25) is 0 Å². The Morgan fingerprint density at radius 1 is 1.42 bits per heavy atom. The molecule has 0 N–H and O–H groups in total. The van der Waals surface area contributed by atoms with E-state index < -0.39 is 6.17 Å². The summed E-state index contributed by atoms with van der Waals surface area (Å²) in [5.41, 5.74) is 0.184. The molecule has 0 aliphatic carbocycles. The number of rotatable bonds is 2. The van der Waals surface area contributed by atoms with Crippen molar-refractivity contribution in [1.29, 1.82) is 0 Å². The molecule has 12 heavy (non-hydrogen) atoms. The second-order valence-electron chi connectivity index (χ2n) is 2.24. The topological polar surface area (TPSA) is 25.8 Å². The molecule has 0 aromatic carbocycles. The molecule has 1 rings (SSSR count). The molecule has 0 aliphatic heterocycles. The van der Waals surface area contributed by atoms with Gasteiger partial charge in [-0.25, -0.2) is 14.4 Å². The summed E-state index contributed by atoms with van der Waals surface area (Å²) in [5.74, 6) is 0. The molecule has 1 heterocycles. The fourth-order valence-electron chi connectivity index (χ4n) is 0.817. The minimum Gasteiger partial charge on any atom is -0.242 e. The van der Waals surface area contributed by atoms with E-state index in [1.54, 1.807) is 6.92 Å². The third-order valence-corrected chi connectivity index (χ3v) is 2.06. The van der Waals surface area contributed by atoms with Gasteiger partial charge in [-0.05, 0) is 6.42 Å². The lowest BCUT2D eigenvalue weighted by atomic mass is 10.2. The average molecular weight is 209 g/mol. The maximum atomic E-state index is 13.1. The predicted molar refractivity (Wildman–Crippen MR) is 46.2 cm³/mol. The zero-order valence-electron chi connectivity index (χ0n) is 6.39. The summed E-state index contributed by atoms with van der Waals surface area (Å²) in [5, 5.41) is 0.175. The zero-order chi connectivity index (χ0) is 9.14. The Kier molecular flexibility index (Phi) is 3.23. The van der Waals surface area contributed by atoms with Gasteiger partial charge in [-0.15, -0.1) is 0 Å². The summed E-state index contributed by atoms with van der Waals surface area (Å²) in [4.78, 5) is 7.28. The second kappa shape index (κ2) is 4.01. The molecule has 2 nitrogen and oxygen atoms in total. The summed E-state index contributed by atoms with van der Waals surface area (Å²) in [6, 6.07) is 0. The van der Waals surface area contributed by atoms with Crippen molar-refractivity contribution in [3.8, 4) is 0 Å². The SMILES string of the molecule is CCC(F)c1c(Cl)ncnc1Cl. The molecule has 0 saturated heterocycles. The Hall–Kier alpha value is -0.410. The number of aromatic nitrogens is 2. The lowest BCUT2D eigenvalue weighted by Crippen LogP contribution is -1.96. The number of hydrogen-bond donors (Lipinski definition) is 0. The van der Waals surface area contributed by atoms with Crippen LogP contribution in [0.1, 0.15) is 25.1 Å². The van der Waals surface area contributed by atoms with Crippen LogP contribution in [0.4, 0.5) is 4.39 Å². The second-order valence-corrected chi connectivity index (χ2v) is 2.96. The monoisotopic (exact) mass is 208 g/mol. The summed E-state index contributed by atoms with van der Waals surface area (Å²) in [6.07, 6.45) is 0.329. The summed E-state index contributed by atoms with van der Waals surface area (Å²) < 4.78 is 13.1. The molecular weight excluding hydrogens is 202 g/mol. The lowest BCUT2D eigenvalue weighted by Gasteiger charge is -2.07. The van der Waals surface area contributed by atoms with Gasteiger partial charge in [0.05, 0.1) is 5.56 Å². The van der Waals surface area contributed by atoms with E-state index in [0.29, 0.717) is 6.42 Å². The Morgan fingerprint density at radius 3 is 2.33 bits per heavy atom. The van der Waals surface area contributed by atoms with Gasteiger partial charge in [0, 0.05) is 0 Å². The van der Waals surface area contributed by atoms with Gasteiger partial charge < -0.3 is 0 Å². The van der Waals surface area contributed by atoms with Crippen molar-refractivity contribution in [1.82, 2.24) is 9.97 Å². The van der Waals surface area contributed by atoms with Crippen molar-refractivity contribution in [2.45, 2.75) is 19.5 Å². The largest absolute Gasteiger partial charge is 0.242 e. The van der Waals surface area contributed by atoms with Crippen LogP contribution in [0.2, 0.25) is 10.3 Å². The van der Waals surface area contributed by atoms with E-state index in [2.05, 4.69) is 9.97 Å². The van der Waals surface area contributed by atoms with E-state index in [1.807, 2.05) is 0 Å². The van der Waals surface area contributed by atoms with Gasteiger partial charge in [0.2, 0.25) is 0 Å². The Labute approximate surface area is 79.7 Å². The first kappa shape index (κ1) is 9.68. The Bertz CT molecular complexity index is 260. The molecule has 1 atom stereocenters. The zero-order valence-corrected chi connectivity index (χ0v) is 7.90. The smallest absolute Gasteiger partial charge is 0.140 e. The minimum atomic E-state index is -1.19. The van der Waals surface area contributed by atoms with E-state index in [4.69, 9.17) is 23.2 Å². The van der Waals surface area contributed by atoms with Crippen LogP contribution in [0.15, 0.2) is 6.33 Å². The summed E-state index contributed by atoms with van der Waals surface area (Å²) in [7, 11) is 0. The third kappa shape index (κ3) is 1.84. The van der Waals surface area contributed by atoms with Gasteiger partial charge >= 0.3 is 0 Å². The number of alkyl halides is 1. The van der Waals surface area contributed by atoms with Crippen molar-refractivity contribution in [3.63, 3.8) is 0 Å². The highest BCUT2D eigenvalue weighted by Gasteiger charge is 2.16. The van der Waals surface area contributed by atoms with Crippen LogP contribution in [-0.2, 0) is 0 Å². The summed E-state index contributed by atoms with van der Waals surface area (Å²) in [6.45, 7) is 1.70. The van der Waals surface area contributed by atoms with Crippen molar-refractivity contribution in [3.05, 3.63) is 22.2 Å². The molecule has 1 aromatic heterocycles. The first-order valence-electron chi connectivity index (χ1n) is 3.46. The van der Waals surface area contributed by atoms with Crippen molar-refractivity contribution >= 4 is 23.2 Å². The fraction of sp³-hybridized carbons (Fsp3) is 0.429.